The molecule has 1 atom stereocenters. The van der Waals surface area contributed by atoms with Gasteiger partial charge >= 0.3 is 0 Å². The summed E-state index contributed by atoms with van der Waals surface area (Å²) in [6.45, 7) is 2.43. The third-order valence-electron chi connectivity index (χ3n) is 2.63. The number of anilines is 1. The normalized spacial score (nSPS) is 20.8. The van der Waals surface area contributed by atoms with Gasteiger partial charge in [0.1, 0.15) is 5.75 Å². The third kappa shape index (κ3) is 2.17. The number of hydrogen-bond acceptors (Lipinski definition) is 2. The predicted octanol–water partition coefficient (Wildman–Crippen LogP) is 0.443. The van der Waals surface area contributed by atoms with E-state index in [4.69, 9.17) is 4.74 Å². The lowest BCUT2D eigenvalue weighted by molar-refractivity contribution is -0.636. The van der Waals surface area contributed by atoms with Crippen molar-refractivity contribution in [3.05, 3.63) is 24.3 Å². The SMILES string of the molecule is COc1ccc(N[C@H]2CC[NH2+]C2)cc1. The van der Waals surface area contributed by atoms with Gasteiger partial charge in [-0.1, -0.05) is 0 Å². The Bertz CT molecular complexity index is 278. The van der Waals surface area contributed by atoms with Gasteiger partial charge in [-0.2, -0.15) is 0 Å². The molecule has 1 heterocycles. The van der Waals surface area contributed by atoms with Crippen molar-refractivity contribution < 1.29 is 10.1 Å². The summed E-state index contributed by atoms with van der Waals surface area (Å²) in [7, 11) is 1.69. The third-order valence-corrected chi connectivity index (χ3v) is 2.63. The topological polar surface area (TPSA) is 37.9 Å². The smallest absolute Gasteiger partial charge is 0.119 e. The maximum absolute atomic E-state index is 5.11. The lowest BCUT2D eigenvalue weighted by atomic mass is 10.2. The first-order valence-electron chi connectivity index (χ1n) is 5.11. The van der Waals surface area contributed by atoms with Crippen molar-refractivity contribution in [2.45, 2.75) is 12.5 Å². The molecule has 0 saturated carbocycles. The van der Waals surface area contributed by atoms with Crippen molar-refractivity contribution in [1.29, 1.82) is 0 Å². The number of benzene rings is 1. The lowest BCUT2D eigenvalue weighted by Gasteiger charge is -2.10. The summed E-state index contributed by atoms with van der Waals surface area (Å²) in [5.41, 5.74) is 1.19. The van der Waals surface area contributed by atoms with Crippen LogP contribution in [0.25, 0.3) is 0 Å². The standard InChI is InChI=1S/C11H16N2O/c1-14-11-4-2-9(3-5-11)13-10-6-7-12-8-10/h2-5,10,12-13H,6-8H2,1H3/p+1/t10-/m0/s1. The molecular formula is C11H17N2O+. The van der Waals surface area contributed by atoms with Gasteiger partial charge in [-0.3, -0.25) is 0 Å². The lowest BCUT2D eigenvalue weighted by Crippen LogP contribution is -2.81. The van der Waals surface area contributed by atoms with Crippen molar-refractivity contribution in [3.8, 4) is 5.75 Å². The van der Waals surface area contributed by atoms with E-state index in [1.54, 1.807) is 7.11 Å². The van der Waals surface area contributed by atoms with E-state index in [0.717, 1.165) is 5.75 Å². The molecule has 0 aromatic heterocycles. The molecule has 1 aromatic carbocycles. The summed E-state index contributed by atoms with van der Waals surface area (Å²) < 4.78 is 5.11. The van der Waals surface area contributed by atoms with Crippen LogP contribution in [0.1, 0.15) is 6.42 Å². The van der Waals surface area contributed by atoms with E-state index in [2.05, 4.69) is 22.8 Å². The van der Waals surface area contributed by atoms with Crippen molar-refractivity contribution in [2.75, 3.05) is 25.5 Å². The molecule has 1 aliphatic heterocycles. The van der Waals surface area contributed by atoms with Crippen molar-refractivity contribution >= 4 is 5.69 Å². The summed E-state index contributed by atoms with van der Waals surface area (Å²) in [6, 6.07) is 8.74. The van der Waals surface area contributed by atoms with Crippen LogP contribution in [-0.2, 0) is 0 Å². The van der Waals surface area contributed by atoms with Crippen molar-refractivity contribution in [2.24, 2.45) is 0 Å². The fourth-order valence-electron chi connectivity index (χ4n) is 1.81. The number of quaternary nitrogens is 1. The fourth-order valence-corrected chi connectivity index (χ4v) is 1.81. The maximum atomic E-state index is 5.11. The van der Waals surface area contributed by atoms with E-state index in [-0.39, 0.29) is 0 Å². The van der Waals surface area contributed by atoms with E-state index < -0.39 is 0 Å². The molecule has 0 radical (unpaired) electrons. The highest BCUT2D eigenvalue weighted by molar-refractivity contribution is 5.47. The van der Waals surface area contributed by atoms with Crippen LogP contribution in [-0.4, -0.2) is 26.2 Å². The van der Waals surface area contributed by atoms with Gasteiger partial charge in [0.15, 0.2) is 0 Å². The molecule has 1 aliphatic rings. The number of nitrogens with two attached hydrogens (primary N) is 1. The minimum atomic E-state index is 0.628. The van der Waals surface area contributed by atoms with Crippen molar-refractivity contribution in [1.82, 2.24) is 0 Å². The molecule has 0 unspecified atom stereocenters. The second-order valence-corrected chi connectivity index (χ2v) is 3.67. The maximum Gasteiger partial charge on any atom is 0.119 e. The van der Waals surface area contributed by atoms with Gasteiger partial charge in [-0.25, -0.2) is 0 Å². The van der Waals surface area contributed by atoms with E-state index in [0.29, 0.717) is 6.04 Å². The van der Waals surface area contributed by atoms with Crippen LogP contribution < -0.4 is 15.4 Å². The first-order valence-corrected chi connectivity index (χ1v) is 5.11. The summed E-state index contributed by atoms with van der Waals surface area (Å²) >= 11 is 0. The van der Waals surface area contributed by atoms with Crippen LogP contribution in [0.5, 0.6) is 5.75 Å². The predicted molar refractivity (Wildman–Crippen MR) is 56.7 cm³/mol. The van der Waals surface area contributed by atoms with Gasteiger partial charge in [-0.05, 0) is 24.3 Å². The molecule has 76 valence electrons. The quantitative estimate of drug-likeness (QED) is 0.731. The monoisotopic (exact) mass is 193 g/mol. The number of nitrogens with one attached hydrogen (secondary N) is 1. The first kappa shape index (κ1) is 9.34. The Hall–Kier alpha value is -1.22. The summed E-state index contributed by atoms with van der Waals surface area (Å²) in [6.07, 6.45) is 1.26. The molecule has 0 spiro atoms. The molecule has 1 fully saturated rings. The van der Waals surface area contributed by atoms with Crippen LogP contribution >= 0.6 is 0 Å². The van der Waals surface area contributed by atoms with Gasteiger partial charge in [-0.15, -0.1) is 0 Å². The van der Waals surface area contributed by atoms with Crippen LogP contribution in [0, 0.1) is 0 Å². The zero-order chi connectivity index (χ0) is 9.80. The van der Waals surface area contributed by atoms with Crippen LogP contribution in [0.4, 0.5) is 5.69 Å². The summed E-state index contributed by atoms with van der Waals surface area (Å²) in [5, 5.41) is 5.85. The molecule has 3 heteroatoms. The molecule has 1 aromatic rings. The number of hydrogen-bond donors (Lipinski definition) is 2. The van der Waals surface area contributed by atoms with E-state index in [9.17, 15) is 0 Å². The summed E-state index contributed by atoms with van der Waals surface area (Å²) in [5.74, 6) is 0.911. The number of ether oxygens (including phenoxy) is 1. The molecule has 3 N–H and O–H groups in total. The Labute approximate surface area is 84.5 Å². The zero-order valence-corrected chi connectivity index (χ0v) is 8.49. The Balaban J connectivity index is 1.95. The Kier molecular flexibility index (Phi) is 2.89. The Morgan fingerprint density at radius 3 is 2.71 bits per heavy atom. The molecule has 3 nitrogen and oxygen atoms in total. The molecular weight excluding hydrogens is 176 g/mol. The molecule has 0 bridgehead atoms. The average molecular weight is 193 g/mol. The summed E-state index contributed by atoms with van der Waals surface area (Å²) in [4.78, 5) is 0. The van der Waals surface area contributed by atoms with E-state index >= 15 is 0 Å². The second-order valence-electron chi connectivity index (χ2n) is 3.67. The Morgan fingerprint density at radius 2 is 2.14 bits per heavy atom. The fraction of sp³-hybridized carbons (Fsp3) is 0.455. The number of methoxy groups -OCH3 is 1. The van der Waals surface area contributed by atoms with Gasteiger partial charge in [0, 0.05) is 12.1 Å². The van der Waals surface area contributed by atoms with Crippen LogP contribution in [0.15, 0.2) is 24.3 Å². The number of rotatable bonds is 3. The molecule has 0 aliphatic carbocycles. The van der Waals surface area contributed by atoms with Crippen LogP contribution in [0.2, 0.25) is 0 Å². The second kappa shape index (κ2) is 4.33. The first-order chi connectivity index (χ1) is 6.88. The minimum Gasteiger partial charge on any atom is -0.497 e. The van der Waals surface area contributed by atoms with Gasteiger partial charge in [0.25, 0.3) is 0 Å². The molecule has 2 rings (SSSR count). The zero-order valence-electron chi connectivity index (χ0n) is 8.49. The average Bonchev–Trinajstić information content (AvgIpc) is 2.72. The molecule has 14 heavy (non-hydrogen) atoms. The minimum absolute atomic E-state index is 0.628. The highest BCUT2D eigenvalue weighted by Crippen LogP contribution is 2.16. The Morgan fingerprint density at radius 1 is 1.36 bits per heavy atom. The van der Waals surface area contributed by atoms with Crippen LogP contribution in [0.3, 0.4) is 0 Å². The molecule has 0 amide bonds. The largest absolute Gasteiger partial charge is 0.497 e. The van der Waals surface area contributed by atoms with E-state index in [1.165, 1.54) is 25.2 Å². The van der Waals surface area contributed by atoms with Crippen molar-refractivity contribution in [3.63, 3.8) is 0 Å². The molecule has 1 saturated heterocycles. The van der Waals surface area contributed by atoms with Gasteiger partial charge in [0.05, 0.1) is 26.2 Å². The van der Waals surface area contributed by atoms with Gasteiger partial charge < -0.3 is 15.4 Å². The van der Waals surface area contributed by atoms with Gasteiger partial charge in [0.2, 0.25) is 0 Å². The van der Waals surface area contributed by atoms with E-state index in [1.807, 2.05) is 12.1 Å². The highest BCUT2D eigenvalue weighted by atomic mass is 16.5. The highest BCUT2D eigenvalue weighted by Gasteiger charge is 2.16.